The highest BCUT2D eigenvalue weighted by Crippen LogP contribution is 2.23. The lowest BCUT2D eigenvalue weighted by Crippen LogP contribution is -1.87. The van der Waals surface area contributed by atoms with Gasteiger partial charge in [-0.3, -0.25) is 0 Å². The molecule has 1 aliphatic rings. The molecular formula is C11H7N3. The van der Waals surface area contributed by atoms with Crippen LogP contribution in [0.3, 0.4) is 0 Å². The van der Waals surface area contributed by atoms with Gasteiger partial charge in [0.05, 0.1) is 11.2 Å². The third-order valence-electron chi connectivity index (χ3n) is 2.44. The molecule has 0 bridgehead atoms. The zero-order valence-corrected chi connectivity index (χ0v) is 7.44. The Morgan fingerprint density at radius 2 is 2.21 bits per heavy atom. The Balaban J connectivity index is 2.34. The van der Waals surface area contributed by atoms with Crippen LogP contribution in [0.4, 0.5) is 0 Å². The first kappa shape index (κ1) is 7.34. The number of para-hydroxylation sites is 1. The molecule has 0 atom stereocenters. The summed E-state index contributed by atoms with van der Waals surface area (Å²) in [4.78, 5) is 3.36. The van der Waals surface area contributed by atoms with E-state index in [1.54, 1.807) is 0 Å². The summed E-state index contributed by atoms with van der Waals surface area (Å²) in [6.07, 6.45) is 0.665. The first-order valence-corrected chi connectivity index (χ1v) is 4.43. The van der Waals surface area contributed by atoms with Crippen molar-refractivity contribution in [3.63, 3.8) is 0 Å². The van der Waals surface area contributed by atoms with Crippen LogP contribution >= 0.6 is 0 Å². The summed E-state index contributed by atoms with van der Waals surface area (Å²) in [5.74, 6) is 0.575. The molecular weight excluding hydrogens is 174 g/mol. The van der Waals surface area contributed by atoms with Gasteiger partial charge in [-0.1, -0.05) is 24.8 Å². The second kappa shape index (κ2) is 2.46. The maximum Gasteiger partial charge on any atom is 0.277 e. The zero-order chi connectivity index (χ0) is 9.54. The largest absolute Gasteiger partial charge is 0.362 e. The van der Waals surface area contributed by atoms with Gasteiger partial charge in [0.1, 0.15) is 0 Å². The minimum absolute atomic E-state index is 0.575. The Morgan fingerprint density at radius 1 is 1.36 bits per heavy atom. The van der Waals surface area contributed by atoms with E-state index in [2.05, 4.69) is 22.1 Å². The fourth-order valence-electron chi connectivity index (χ4n) is 1.82. The molecule has 0 fully saturated rings. The molecule has 0 spiro atoms. The third kappa shape index (κ3) is 0.826. The topological polar surface area (TPSA) is 21.6 Å². The van der Waals surface area contributed by atoms with Crippen molar-refractivity contribution in [3.05, 3.63) is 47.4 Å². The lowest BCUT2D eigenvalue weighted by molar-refractivity contribution is 0.917. The zero-order valence-electron chi connectivity index (χ0n) is 7.44. The Hall–Kier alpha value is -2.08. The van der Waals surface area contributed by atoms with E-state index in [0.717, 1.165) is 11.2 Å². The molecule has 0 aliphatic carbocycles. The predicted molar refractivity (Wildman–Crippen MR) is 55.1 cm³/mol. The third-order valence-corrected chi connectivity index (χ3v) is 2.44. The van der Waals surface area contributed by atoms with E-state index in [0.29, 0.717) is 12.3 Å². The monoisotopic (exact) mass is 181 g/mol. The van der Waals surface area contributed by atoms with Crippen molar-refractivity contribution in [2.45, 2.75) is 6.42 Å². The van der Waals surface area contributed by atoms with Crippen molar-refractivity contribution >= 4 is 16.7 Å². The van der Waals surface area contributed by atoms with Crippen LogP contribution in [-0.2, 0) is 6.42 Å². The summed E-state index contributed by atoms with van der Waals surface area (Å²) < 4.78 is 1.86. The lowest BCUT2D eigenvalue weighted by Gasteiger charge is -1.89. The number of fused-ring (bicyclic) bond motifs is 3. The molecule has 0 radical (unpaired) electrons. The molecule has 0 saturated heterocycles. The van der Waals surface area contributed by atoms with Crippen LogP contribution in [-0.4, -0.2) is 10.5 Å². The Kier molecular flexibility index (Phi) is 1.29. The number of benzene rings is 1. The van der Waals surface area contributed by atoms with Crippen LogP contribution in [0.2, 0.25) is 0 Å². The molecule has 66 valence electrons. The van der Waals surface area contributed by atoms with Crippen molar-refractivity contribution in [1.82, 2.24) is 4.68 Å². The highest BCUT2D eigenvalue weighted by molar-refractivity contribution is 5.96. The molecule has 0 saturated carbocycles. The van der Waals surface area contributed by atoms with Gasteiger partial charge in [0.25, 0.3) is 5.84 Å². The quantitative estimate of drug-likeness (QED) is 0.556. The van der Waals surface area contributed by atoms with Gasteiger partial charge < -0.3 is 4.85 Å². The predicted octanol–water partition coefficient (Wildman–Crippen LogP) is 2.28. The summed E-state index contributed by atoms with van der Waals surface area (Å²) in [7, 11) is 0. The summed E-state index contributed by atoms with van der Waals surface area (Å²) in [6.45, 7) is 6.90. The van der Waals surface area contributed by atoms with Gasteiger partial charge in [-0.25, -0.2) is 0 Å². The SMILES string of the molecule is [C-]#[N+]C1=Nn2c(cc3ccccc32)C1. The van der Waals surface area contributed by atoms with Crippen LogP contribution in [0.25, 0.3) is 15.7 Å². The molecule has 1 aromatic heterocycles. The number of rotatable bonds is 0. The normalized spacial score (nSPS) is 13.8. The summed E-state index contributed by atoms with van der Waals surface area (Å²) in [5, 5.41) is 5.43. The van der Waals surface area contributed by atoms with Crippen molar-refractivity contribution < 1.29 is 0 Å². The minimum Gasteiger partial charge on any atom is -0.362 e. The van der Waals surface area contributed by atoms with E-state index in [9.17, 15) is 0 Å². The number of aromatic nitrogens is 1. The maximum absolute atomic E-state index is 6.90. The number of hydrogen-bond acceptors (Lipinski definition) is 1. The van der Waals surface area contributed by atoms with E-state index < -0.39 is 0 Å². The Bertz CT molecular complexity index is 584. The average Bonchev–Trinajstić information content (AvgIpc) is 2.73. The van der Waals surface area contributed by atoms with E-state index in [1.165, 1.54) is 5.39 Å². The molecule has 3 nitrogen and oxygen atoms in total. The van der Waals surface area contributed by atoms with Gasteiger partial charge in [-0.2, -0.15) is 4.68 Å². The standard InChI is InChI=1S/C11H7N3/c1-12-11-7-9-6-8-4-2-3-5-10(8)14(9)13-11/h2-6H,7H2. The fraction of sp³-hybridized carbons (Fsp3) is 0.0909. The number of amidine groups is 1. The lowest BCUT2D eigenvalue weighted by atomic mass is 10.2. The summed E-state index contributed by atoms with van der Waals surface area (Å²) in [5.41, 5.74) is 2.19. The molecule has 2 heterocycles. The van der Waals surface area contributed by atoms with Crippen LogP contribution in [0.5, 0.6) is 0 Å². The Morgan fingerprint density at radius 3 is 3.07 bits per heavy atom. The number of hydrogen-bond donors (Lipinski definition) is 0. The second-order valence-electron chi connectivity index (χ2n) is 3.31. The molecule has 1 aromatic carbocycles. The van der Waals surface area contributed by atoms with Crippen molar-refractivity contribution in [2.24, 2.45) is 5.10 Å². The van der Waals surface area contributed by atoms with Crippen LogP contribution in [0.1, 0.15) is 5.69 Å². The Labute approximate surface area is 81.1 Å². The molecule has 0 N–H and O–H groups in total. The van der Waals surface area contributed by atoms with Crippen LogP contribution in [0.15, 0.2) is 35.4 Å². The first-order valence-electron chi connectivity index (χ1n) is 4.43. The van der Waals surface area contributed by atoms with E-state index >= 15 is 0 Å². The first-order chi connectivity index (χ1) is 6.88. The maximum atomic E-state index is 6.90. The van der Waals surface area contributed by atoms with Gasteiger partial charge in [-0.15, -0.1) is 0 Å². The van der Waals surface area contributed by atoms with E-state index in [4.69, 9.17) is 6.57 Å². The van der Waals surface area contributed by atoms with Crippen LogP contribution in [0, 0.1) is 6.57 Å². The molecule has 3 rings (SSSR count). The fourth-order valence-corrected chi connectivity index (χ4v) is 1.82. The molecule has 14 heavy (non-hydrogen) atoms. The highest BCUT2D eigenvalue weighted by Gasteiger charge is 2.19. The van der Waals surface area contributed by atoms with E-state index in [1.807, 2.05) is 22.9 Å². The van der Waals surface area contributed by atoms with E-state index in [-0.39, 0.29) is 0 Å². The molecule has 1 aliphatic heterocycles. The average molecular weight is 181 g/mol. The summed E-state index contributed by atoms with van der Waals surface area (Å²) >= 11 is 0. The minimum atomic E-state index is 0.575. The smallest absolute Gasteiger partial charge is 0.277 e. The van der Waals surface area contributed by atoms with Gasteiger partial charge in [0.2, 0.25) is 0 Å². The summed E-state index contributed by atoms with van der Waals surface area (Å²) in [6, 6.07) is 10.2. The molecule has 0 amide bonds. The number of nitrogens with zero attached hydrogens (tertiary/aromatic N) is 3. The van der Waals surface area contributed by atoms with Crippen LogP contribution < -0.4 is 0 Å². The van der Waals surface area contributed by atoms with Gasteiger partial charge in [0, 0.05) is 11.8 Å². The van der Waals surface area contributed by atoms with Crippen molar-refractivity contribution in [1.29, 1.82) is 0 Å². The second-order valence-corrected chi connectivity index (χ2v) is 3.31. The highest BCUT2D eigenvalue weighted by atomic mass is 15.4. The van der Waals surface area contributed by atoms with Gasteiger partial charge in [0.15, 0.2) is 0 Å². The van der Waals surface area contributed by atoms with Crippen molar-refractivity contribution in [3.8, 4) is 0 Å². The van der Waals surface area contributed by atoms with Crippen molar-refractivity contribution in [2.75, 3.05) is 0 Å². The molecule has 0 unspecified atom stereocenters. The van der Waals surface area contributed by atoms with Gasteiger partial charge in [-0.05, 0) is 17.2 Å². The van der Waals surface area contributed by atoms with Gasteiger partial charge >= 0.3 is 0 Å². The molecule has 3 heteroatoms. The molecule has 2 aromatic rings.